The Kier molecular flexibility index (Phi) is 3.23. The molecule has 0 amide bonds. The fourth-order valence-corrected chi connectivity index (χ4v) is 2.58. The highest BCUT2D eigenvalue weighted by atomic mass is 15.2. The molecule has 0 aromatic rings. The second-order valence-electron chi connectivity index (χ2n) is 5.85. The molecule has 14 heavy (non-hydrogen) atoms. The lowest BCUT2D eigenvalue weighted by molar-refractivity contribution is 0.209. The van der Waals surface area contributed by atoms with Crippen molar-refractivity contribution in [2.75, 3.05) is 6.54 Å². The molecule has 1 unspecified atom stereocenters. The molecule has 0 saturated carbocycles. The molecule has 1 atom stereocenters. The minimum Gasteiger partial charge on any atom is -0.358 e. The molecule has 1 aliphatic rings. The summed E-state index contributed by atoms with van der Waals surface area (Å²) >= 11 is 0. The number of hydrogen-bond acceptors (Lipinski definition) is 1. The fourth-order valence-electron chi connectivity index (χ4n) is 2.58. The average molecular weight is 196 g/mol. The van der Waals surface area contributed by atoms with Crippen molar-refractivity contribution in [3.05, 3.63) is 0 Å². The quantitative estimate of drug-likeness (QED) is 0.685. The van der Waals surface area contributed by atoms with E-state index in [1.165, 1.54) is 6.42 Å². The van der Waals surface area contributed by atoms with Crippen molar-refractivity contribution in [3.8, 4) is 0 Å². The van der Waals surface area contributed by atoms with Gasteiger partial charge in [0.15, 0.2) is 0 Å². The largest absolute Gasteiger partial charge is 0.358 e. The van der Waals surface area contributed by atoms with E-state index < -0.39 is 0 Å². The topological polar surface area (TPSA) is 27.1 Å². The first-order valence-electron chi connectivity index (χ1n) is 5.66. The fraction of sp³-hybridized carbons (Fsp3) is 0.917. The van der Waals surface area contributed by atoms with Crippen molar-refractivity contribution in [1.82, 2.24) is 4.90 Å². The number of nitrogens with one attached hydrogen (secondary N) is 1. The van der Waals surface area contributed by atoms with E-state index in [4.69, 9.17) is 5.41 Å². The third-order valence-corrected chi connectivity index (χ3v) is 3.01. The highest BCUT2D eigenvalue weighted by Gasteiger charge is 2.31. The Morgan fingerprint density at radius 2 is 2.00 bits per heavy atom. The summed E-state index contributed by atoms with van der Waals surface area (Å²) in [6.07, 6.45) is 2.18. The van der Waals surface area contributed by atoms with E-state index in [9.17, 15) is 0 Å². The van der Waals surface area contributed by atoms with Gasteiger partial charge in [-0.15, -0.1) is 0 Å². The van der Waals surface area contributed by atoms with Gasteiger partial charge in [-0.2, -0.15) is 0 Å². The summed E-state index contributed by atoms with van der Waals surface area (Å²) in [5.74, 6) is 1.49. The Morgan fingerprint density at radius 3 is 2.50 bits per heavy atom. The zero-order valence-corrected chi connectivity index (χ0v) is 10.2. The Hall–Kier alpha value is -0.530. The van der Waals surface area contributed by atoms with Gasteiger partial charge >= 0.3 is 0 Å². The van der Waals surface area contributed by atoms with Crippen LogP contribution in [0.5, 0.6) is 0 Å². The number of amidine groups is 1. The molecule has 1 rings (SSSR count). The van der Waals surface area contributed by atoms with Crippen molar-refractivity contribution in [2.45, 2.75) is 53.5 Å². The average Bonchev–Trinajstić information content (AvgIpc) is 2.06. The zero-order valence-electron chi connectivity index (χ0n) is 10.2. The molecule has 0 spiro atoms. The van der Waals surface area contributed by atoms with E-state index in [0.29, 0.717) is 17.4 Å². The molecule has 2 heteroatoms. The van der Waals surface area contributed by atoms with E-state index in [1.54, 1.807) is 0 Å². The van der Waals surface area contributed by atoms with Crippen LogP contribution in [-0.2, 0) is 0 Å². The van der Waals surface area contributed by atoms with Crippen LogP contribution < -0.4 is 0 Å². The molecule has 0 radical (unpaired) electrons. The maximum absolute atomic E-state index is 8.05. The first-order valence-corrected chi connectivity index (χ1v) is 5.66. The van der Waals surface area contributed by atoms with E-state index in [1.807, 2.05) is 0 Å². The molecule has 0 aromatic heterocycles. The molecule has 82 valence electrons. The molecule has 1 N–H and O–H groups in total. The minimum absolute atomic E-state index is 0.354. The molecule has 0 aromatic carbocycles. The smallest absolute Gasteiger partial charge is 0.0962 e. The summed E-state index contributed by atoms with van der Waals surface area (Å²) in [6, 6.07) is 0.465. The molecule has 1 heterocycles. The normalized spacial score (nSPS) is 28.0. The second kappa shape index (κ2) is 3.92. The molecule has 1 aliphatic heterocycles. The molecule has 2 nitrogen and oxygen atoms in total. The van der Waals surface area contributed by atoms with E-state index >= 15 is 0 Å². The first kappa shape index (κ1) is 11.5. The second-order valence-corrected chi connectivity index (χ2v) is 5.85. The summed E-state index contributed by atoms with van der Waals surface area (Å²) in [5.41, 5.74) is 0.354. The van der Waals surface area contributed by atoms with Gasteiger partial charge in [0.1, 0.15) is 0 Å². The summed E-state index contributed by atoms with van der Waals surface area (Å²) in [5, 5.41) is 8.05. The Bertz CT molecular complexity index is 218. The van der Waals surface area contributed by atoms with Gasteiger partial charge in [0.25, 0.3) is 0 Å². The summed E-state index contributed by atoms with van der Waals surface area (Å²) in [6.45, 7) is 12.3. The van der Waals surface area contributed by atoms with Gasteiger partial charge < -0.3 is 4.90 Å². The maximum Gasteiger partial charge on any atom is 0.0962 e. The monoisotopic (exact) mass is 196 g/mol. The minimum atomic E-state index is 0.354. The summed E-state index contributed by atoms with van der Waals surface area (Å²) in [4.78, 5) is 2.25. The van der Waals surface area contributed by atoms with Crippen LogP contribution in [0.3, 0.4) is 0 Å². The van der Waals surface area contributed by atoms with E-state index in [-0.39, 0.29) is 0 Å². The number of rotatable bonds is 1. The molecular formula is C12H24N2. The lowest BCUT2D eigenvalue weighted by atomic mass is 9.83. The van der Waals surface area contributed by atoms with Crippen molar-refractivity contribution in [1.29, 1.82) is 5.41 Å². The third-order valence-electron chi connectivity index (χ3n) is 3.01. The van der Waals surface area contributed by atoms with Gasteiger partial charge in [0.05, 0.1) is 5.84 Å². The van der Waals surface area contributed by atoms with Crippen LogP contribution in [0.1, 0.15) is 47.5 Å². The first-order chi connectivity index (χ1) is 6.32. The van der Waals surface area contributed by atoms with E-state index in [2.05, 4.69) is 39.5 Å². The highest BCUT2D eigenvalue weighted by Crippen LogP contribution is 2.32. The maximum atomic E-state index is 8.05. The summed E-state index contributed by atoms with van der Waals surface area (Å²) < 4.78 is 0. The van der Waals surface area contributed by atoms with Gasteiger partial charge in [-0.3, -0.25) is 5.41 Å². The van der Waals surface area contributed by atoms with Crippen LogP contribution >= 0.6 is 0 Å². The van der Waals surface area contributed by atoms with Crippen LogP contribution in [0.15, 0.2) is 0 Å². The zero-order chi connectivity index (χ0) is 10.9. The van der Waals surface area contributed by atoms with Crippen molar-refractivity contribution < 1.29 is 0 Å². The Morgan fingerprint density at radius 1 is 1.43 bits per heavy atom. The predicted molar refractivity (Wildman–Crippen MR) is 61.7 cm³/mol. The van der Waals surface area contributed by atoms with Gasteiger partial charge in [0.2, 0.25) is 0 Å². The lowest BCUT2D eigenvalue weighted by Gasteiger charge is -2.34. The van der Waals surface area contributed by atoms with Crippen LogP contribution in [0.2, 0.25) is 0 Å². The Balaban J connectivity index is 2.82. The van der Waals surface area contributed by atoms with E-state index in [0.717, 1.165) is 18.8 Å². The molecule has 1 saturated heterocycles. The molecular weight excluding hydrogens is 172 g/mol. The predicted octanol–water partition coefficient (Wildman–Crippen LogP) is 3.13. The molecule has 1 fully saturated rings. The SMILES string of the molecule is CC1CC(=N)N(C(C)C)CC(C)(C)C1. The van der Waals surface area contributed by atoms with Gasteiger partial charge in [-0.05, 0) is 31.6 Å². The Labute approximate surface area is 88.2 Å². The standard InChI is InChI=1S/C12H24N2/c1-9(2)14-8-12(4,5)7-10(3)6-11(14)13/h9-10,13H,6-8H2,1-5H3. The summed E-state index contributed by atoms with van der Waals surface area (Å²) in [7, 11) is 0. The van der Waals surface area contributed by atoms with Gasteiger partial charge in [-0.1, -0.05) is 20.8 Å². The van der Waals surface area contributed by atoms with Crippen LogP contribution in [0.4, 0.5) is 0 Å². The van der Waals surface area contributed by atoms with Crippen molar-refractivity contribution in [2.24, 2.45) is 11.3 Å². The van der Waals surface area contributed by atoms with Crippen molar-refractivity contribution in [3.63, 3.8) is 0 Å². The van der Waals surface area contributed by atoms with Crippen LogP contribution in [0.25, 0.3) is 0 Å². The number of nitrogens with zero attached hydrogens (tertiary/aromatic N) is 1. The van der Waals surface area contributed by atoms with Crippen LogP contribution in [-0.4, -0.2) is 23.3 Å². The van der Waals surface area contributed by atoms with Gasteiger partial charge in [0, 0.05) is 19.0 Å². The number of likely N-dealkylation sites (tertiary alicyclic amines) is 1. The highest BCUT2D eigenvalue weighted by molar-refractivity contribution is 5.80. The molecule has 0 aliphatic carbocycles. The van der Waals surface area contributed by atoms with Crippen LogP contribution in [0, 0.1) is 16.7 Å². The number of hydrogen-bond donors (Lipinski definition) is 1. The third kappa shape index (κ3) is 2.73. The van der Waals surface area contributed by atoms with Crippen molar-refractivity contribution >= 4 is 5.84 Å². The molecule has 0 bridgehead atoms. The lowest BCUT2D eigenvalue weighted by Crippen LogP contribution is -2.40. The van der Waals surface area contributed by atoms with Gasteiger partial charge in [-0.25, -0.2) is 0 Å².